The predicted molar refractivity (Wildman–Crippen MR) is 187 cm³/mol. The van der Waals surface area contributed by atoms with Gasteiger partial charge in [-0.05, 0) is 123 Å². The molecule has 0 radical (unpaired) electrons. The van der Waals surface area contributed by atoms with Gasteiger partial charge in [-0.15, -0.1) is 0 Å². The normalized spacial score (nSPS) is 19.2. The summed E-state index contributed by atoms with van der Waals surface area (Å²) in [5, 5.41) is 0. The fourth-order valence-electron chi connectivity index (χ4n) is 5.97. The Morgan fingerprint density at radius 1 is 0.540 bits per heavy atom. The fraction of sp³-hybridized carbons (Fsp3) is 0.200. The van der Waals surface area contributed by atoms with Crippen LogP contribution in [-0.4, -0.2) is 48.3 Å². The van der Waals surface area contributed by atoms with Gasteiger partial charge >= 0.3 is 0 Å². The number of nitrogens with zero attached hydrogens (tertiary/aromatic N) is 4. The van der Waals surface area contributed by atoms with Crippen LogP contribution in [0.15, 0.2) is 151 Å². The molecule has 2 aromatic rings. The monoisotopic (exact) mass is 677 g/mol. The minimum atomic E-state index is -0.657. The van der Waals surface area contributed by atoms with Gasteiger partial charge in [0, 0.05) is 23.3 Å². The summed E-state index contributed by atoms with van der Waals surface area (Å²) < 4.78 is 76.3. The maximum absolute atomic E-state index is 13.8. The molecule has 252 valence electrons. The van der Waals surface area contributed by atoms with Gasteiger partial charge in [0.2, 0.25) is 0 Å². The van der Waals surface area contributed by atoms with Gasteiger partial charge in [0.05, 0.1) is 72.4 Å². The van der Waals surface area contributed by atoms with Gasteiger partial charge in [-0.25, -0.2) is 37.5 Å². The molecule has 0 aromatic heterocycles. The Labute approximate surface area is 288 Å². The highest BCUT2D eigenvalue weighted by Crippen LogP contribution is 2.31. The van der Waals surface area contributed by atoms with Crippen molar-refractivity contribution in [2.45, 2.75) is 38.9 Å². The molecule has 10 heteroatoms. The van der Waals surface area contributed by atoms with Crippen LogP contribution in [0, 0.1) is 23.3 Å². The molecular formula is C40H32F4N4O2. The van der Waals surface area contributed by atoms with Gasteiger partial charge in [0.25, 0.3) is 0 Å². The number of halogens is 4. The second-order valence-corrected chi connectivity index (χ2v) is 12.2. The zero-order valence-corrected chi connectivity index (χ0v) is 27.3. The Kier molecular flexibility index (Phi) is 9.11. The number of benzene rings is 2. The molecule has 2 aromatic carbocycles. The third-order valence-corrected chi connectivity index (χ3v) is 8.35. The van der Waals surface area contributed by atoms with E-state index < -0.39 is 35.5 Å². The molecule has 0 N–H and O–H groups in total. The van der Waals surface area contributed by atoms with Crippen LogP contribution >= 0.6 is 0 Å². The molecule has 7 rings (SSSR count). The van der Waals surface area contributed by atoms with Crippen LogP contribution in [0.2, 0.25) is 0 Å². The first-order chi connectivity index (χ1) is 24.6. The second-order valence-electron chi connectivity index (χ2n) is 12.2. The first kappa shape index (κ1) is 31.9. The third-order valence-electron chi connectivity index (χ3n) is 8.35. The van der Waals surface area contributed by atoms with Crippen LogP contribution in [0.4, 0.5) is 17.6 Å². The molecule has 8 bridgehead atoms. The number of fused-ring (bicyclic) bond motifs is 4. The van der Waals surface area contributed by atoms with E-state index in [0.29, 0.717) is 68.8 Å². The number of allylic oxidation sites excluding steroid dienone is 10. The Morgan fingerprint density at radius 3 is 1.58 bits per heavy atom. The van der Waals surface area contributed by atoms with Crippen molar-refractivity contribution in [2.75, 3.05) is 13.2 Å². The van der Waals surface area contributed by atoms with Crippen molar-refractivity contribution in [3.8, 4) is 0 Å². The van der Waals surface area contributed by atoms with E-state index in [-0.39, 0.29) is 25.7 Å². The number of aliphatic imine (C=N–C) groups is 4. The molecule has 0 fully saturated rings. The average Bonchev–Trinajstić information content (AvgIpc) is 3.85. The Hall–Kier alpha value is -5.32. The summed E-state index contributed by atoms with van der Waals surface area (Å²) in [7, 11) is 0. The van der Waals surface area contributed by atoms with E-state index >= 15 is 0 Å². The Bertz CT molecular complexity index is 2160. The van der Waals surface area contributed by atoms with Crippen molar-refractivity contribution < 1.29 is 28.4 Å². The van der Waals surface area contributed by atoms with Gasteiger partial charge in [-0.3, -0.25) is 0 Å². The zero-order valence-electron chi connectivity index (χ0n) is 28.3. The largest absolute Gasteiger partial charge is 0.373 e. The van der Waals surface area contributed by atoms with Crippen molar-refractivity contribution >= 4 is 22.8 Å². The standard InChI is InChI=1S/C40H32F4N4O2/c1-23(49-9-7-25-11-27(41)15-28(42)12-25)37-19-35-18-33-4-3-31(45-33)17-32-5-6-34(46-32)21-39-38(20-36(48-39)22-40(37)47-35)24(2)50-10-8-26-13-29(43)16-30(44)14-26/h3-6,11-24H,7-10H2,1-2H3/i19D. The van der Waals surface area contributed by atoms with Crippen molar-refractivity contribution in [3.05, 3.63) is 165 Å². The van der Waals surface area contributed by atoms with E-state index in [1.807, 2.05) is 49.5 Å². The molecule has 0 saturated carbocycles. The van der Waals surface area contributed by atoms with Crippen LogP contribution in [0.25, 0.3) is 0 Å². The quantitative estimate of drug-likeness (QED) is 0.238. The lowest BCUT2D eigenvalue weighted by atomic mass is 10.0. The summed E-state index contributed by atoms with van der Waals surface area (Å²) in [5.41, 5.74) is 7.02. The highest BCUT2D eigenvalue weighted by atomic mass is 19.1. The van der Waals surface area contributed by atoms with Gasteiger partial charge in [-0.1, -0.05) is 0 Å². The van der Waals surface area contributed by atoms with Gasteiger partial charge in [-0.2, -0.15) is 0 Å². The van der Waals surface area contributed by atoms with Crippen molar-refractivity contribution in [2.24, 2.45) is 20.0 Å². The molecule has 5 aliphatic heterocycles. The molecule has 5 aliphatic rings. The molecule has 0 spiro atoms. The topological polar surface area (TPSA) is 67.9 Å². The molecule has 0 amide bonds. The van der Waals surface area contributed by atoms with Crippen molar-refractivity contribution in [1.82, 2.24) is 0 Å². The van der Waals surface area contributed by atoms with Gasteiger partial charge in [0.1, 0.15) is 23.3 Å². The smallest absolute Gasteiger partial charge is 0.126 e. The molecule has 0 aliphatic carbocycles. The molecule has 0 saturated heterocycles. The van der Waals surface area contributed by atoms with E-state index in [2.05, 4.69) is 4.99 Å². The Balaban J connectivity index is 1.19. The summed E-state index contributed by atoms with van der Waals surface area (Å²) in [4.78, 5) is 19.1. The number of hydrogen-bond acceptors (Lipinski definition) is 6. The van der Waals surface area contributed by atoms with Crippen LogP contribution in [0.5, 0.6) is 0 Å². The second kappa shape index (κ2) is 14.3. The van der Waals surface area contributed by atoms with Crippen LogP contribution in [0.1, 0.15) is 26.3 Å². The Morgan fingerprint density at radius 2 is 1.00 bits per heavy atom. The lowest BCUT2D eigenvalue weighted by molar-refractivity contribution is 0.0937. The highest BCUT2D eigenvalue weighted by Gasteiger charge is 2.25. The lowest BCUT2D eigenvalue weighted by Gasteiger charge is -2.15. The molecule has 50 heavy (non-hydrogen) atoms. The van der Waals surface area contributed by atoms with E-state index in [4.69, 9.17) is 25.8 Å². The number of rotatable bonds is 10. The molecule has 6 nitrogen and oxygen atoms in total. The first-order valence-electron chi connectivity index (χ1n) is 16.7. The fourth-order valence-corrected chi connectivity index (χ4v) is 5.97. The average molecular weight is 678 g/mol. The van der Waals surface area contributed by atoms with E-state index in [1.165, 1.54) is 24.3 Å². The number of hydrogen-bond donors (Lipinski definition) is 0. The molecule has 5 heterocycles. The first-order valence-corrected chi connectivity index (χ1v) is 16.2. The van der Waals surface area contributed by atoms with Crippen molar-refractivity contribution in [3.63, 3.8) is 0 Å². The zero-order chi connectivity index (χ0) is 35.6. The summed E-state index contributed by atoms with van der Waals surface area (Å²) in [6.45, 7) is 4.05. The lowest BCUT2D eigenvalue weighted by Crippen LogP contribution is -2.15. The van der Waals surface area contributed by atoms with Crippen LogP contribution in [0.3, 0.4) is 0 Å². The van der Waals surface area contributed by atoms with Gasteiger partial charge < -0.3 is 9.47 Å². The third kappa shape index (κ3) is 7.93. The van der Waals surface area contributed by atoms with Crippen LogP contribution < -0.4 is 0 Å². The van der Waals surface area contributed by atoms with E-state index in [0.717, 1.165) is 17.7 Å². The van der Waals surface area contributed by atoms with E-state index in [9.17, 15) is 17.6 Å². The van der Waals surface area contributed by atoms with Crippen LogP contribution in [-0.2, 0) is 22.3 Å². The van der Waals surface area contributed by atoms with Crippen molar-refractivity contribution in [1.29, 1.82) is 0 Å². The number of ether oxygens (including phenoxy) is 2. The predicted octanol–water partition coefficient (Wildman–Crippen LogP) is 8.17. The minimum Gasteiger partial charge on any atom is -0.373 e. The summed E-state index contributed by atoms with van der Waals surface area (Å²) >= 11 is 0. The summed E-state index contributed by atoms with van der Waals surface area (Å²) in [5.74, 6) is -2.60. The van der Waals surface area contributed by atoms with Gasteiger partial charge in [0.15, 0.2) is 0 Å². The summed E-state index contributed by atoms with van der Waals surface area (Å²) in [6.07, 6.45) is 16.1. The highest BCUT2D eigenvalue weighted by molar-refractivity contribution is 6.15. The molecular weight excluding hydrogens is 644 g/mol. The SMILES string of the molecule is [2H]C1=C(C(C)OCCc2cc(F)cc(F)c2)C2=CC3=NC(=CC4=NC(=CC5=NC(=CC1=N2)C=C5)C=C4)C(C(C)OCCc1cc(F)cc(F)c1)=C3. The van der Waals surface area contributed by atoms with E-state index in [1.54, 1.807) is 19.1 Å². The molecule has 2 atom stereocenters. The summed E-state index contributed by atoms with van der Waals surface area (Å²) in [6, 6.07) is 6.93. The maximum atomic E-state index is 13.8. The molecule has 2 unspecified atom stereocenters. The minimum absolute atomic E-state index is 0.153. The maximum Gasteiger partial charge on any atom is 0.126 e.